The summed E-state index contributed by atoms with van der Waals surface area (Å²) in [7, 11) is 3.44. The first kappa shape index (κ1) is 18.1. The van der Waals surface area contributed by atoms with Gasteiger partial charge in [-0.25, -0.2) is 4.79 Å². The van der Waals surface area contributed by atoms with Crippen LogP contribution in [0.1, 0.15) is 24.1 Å². The van der Waals surface area contributed by atoms with Crippen LogP contribution >= 0.6 is 11.6 Å². The summed E-state index contributed by atoms with van der Waals surface area (Å²) < 4.78 is 5.13. The molecular formula is C19H23ClN2O2. The number of ether oxygens (including phenoxy) is 1. The standard InChI is InChI=1S/C19H23ClN2O2/c1-14(16-6-8-17(20)9-7-16)22(2)19(23)21-13-12-15-4-10-18(24-3)11-5-15/h4-11,14H,12-13H2,1-3H3,(H,21,23). The number of carbonyl (C=O) groups excluding carboxylic acids is 1. The number of halogens is 1. The third-order valence-corrected chi connectivity index (χ3v) is 4.35. The zero-order chi connectivity index (χ0) is 17.5. The van der Waals surface area contributed by atoms with Crippen molar-refractivity contribution < 1.29 is 9.53 Å². The van der Waals surface area contributed by atoms with Crippen molar-refractivity contribution in [3.63, 3.8) is 0 Å². The van der Waals surface area contributed by atoms with Crippen molar-refractivity contribution in [2.45, 2.75) is 19.4 Å². The number of nitrogens with zero attached hydrogens (tertiary/aromatic N) is 1. The molecule has 2 aromatic rings. The molecule has 0 aliphatic heterocycles. The lowest BCUT2D eigenvalue weighted by Crippen LogP contribution is -2.39. The van der Waals surface area contributed by atoms with Gasteiger partial charge < -0.3 is 15.0 Å². The number of hydrogen-bond donors (Lipinski definition) is 1. The molecule has 0 saturated carbocycles. The molecule has 0 aromatic heterocycles. The summed E-state index contributed by atoms with van der Waals surface area (Å²) in [6.07, 6.45) is 0.777. The van der Waals surface area contributed by atoms with Gasteiger partial charge in [-0.05, 0) is 48.7 Å². The SMILES string of the molecule is COc1ccc(CCNC(=O)N(C)C(C)c2ccc(Cl)cc2)cc1. The summed E-state index contributed by atoms with van der Waals surface area (Å²) in [6.45, 7) is 2.58. The molecule has 0 fully saturated rings. The van der Waals surface area contributed by atoms with Crippen molar-refractivity contribution in [2.24, 2.45) is 0 Å². The fourth-order valence-corrected chi connectivity index (χ4v) is 2.50. The molecule has 0 saturated heterocycles. The largest absolute Gasteiger partial charge is 0.497 e. The Balaban J connectivity index is 1.83. The number of carbonyl (C=O) groups is 1. The number of benzene rings is 2. The van der Waals surface area contributed by atoms with E-state index in [2.05, 4.69) is 5.32 Å². The van der Waals surface area contributed by atoms with Gasteiger partial charge in [-0.2, -0.15) is 0 Å². The summed E-state index contributed by atoms with van der Waals surface area (Å²) in [5.74, 6) is 0.833. The van der Waals surface area contributed by atoms with Crippen LogP contribution in [0.15, 0.2) is 48.5 Å². The molecule has 0 bridgehead atoms. The number of nitrogens with one attached hydrogen (secondary N) is 1. The Morgan fingerprint density at radius 1 is 1.17 bits per heavy atom. The number of methoxy groups -OCH3 is 1. The van der Waals surface area contributed by atoms with Gasteiger partial charge in [-0.1, -0.05) is 35.9 Å². The molecule has 1 unspecified atom stereocenters. The van der Waals surface area contributed by atoms with Gasteiger partial charge in [0, 0.05) is 18.6 Å². The maximum absolute atomic E-state index is 12.3. The first-order valence-corrected chi connectivity index (χ1v) is 8.28. The average Bonchev–Trinajstić information content (AvgIpc) is 2.61. The lowest BCUT2D eigenvalue weighted by atomic mass is 10.1. The second-order valence-corrected chi connectivity index (χ2v) is 6.10. The quantitative estimate of drug-likeness (QED) is 0.847. The van der Waals surface area contributed by atoms with Gasteiger partial charge >= 0.3 is 6.03 Å². The Bertz CT molecular complexity index is 656. The Morgan fingerprint density at radius 3 is 2.38 bits per heavy atom. The third-order valence-electron chi connectivity index (χ3n) is 4.10. The van der Waals surface area contributed by atoms with Crippen LogP contribution in [0.25, 0.3) is 0 Å². The minimum absolute atomic E-state index is 0.0248. The normalized spacial score (nSPS) is 11.7. The lowest BCUT2D eigenvalue weighted by molar-refractivity contribution is 0.194. The summed E-state index contributed by atoms with van der Waals surface area (Å²) in [5, 5.41) is 3.64. The minimum Gasteiger partial charge on any atom is -0.497 e. The van der Waals surface area contributed by atoms with E-state index >= 15 is 0 Å². The zero-order valence-corrected chi connectivity index (χ0v) is 15.0. The average molecular weight is 347 g/mol. The molecule has 0 radical (unpaired) electrons. The molecule has 0 spiro atoms. The highest BCUT2D eigenvalue weighted by atomic mass is 35.5. The maximum atomic E-state index is 12.3. The van der Waals surface area contributed by atoms with Crippen LogP contribution in [0.2, 0.25) is 5.02 Å². The summed E-state index contributed by atoms with van der Waals surface area (Å²) in [4.78, 5) is 14.0. The van der Waals surface area contributed by atoms with Crippen LogP contribution in [0.4, 0.5) is 4.79 Å². The van der Waals surface area contributed by atoms with Crippen LogP contribution in [0.5, 0.6) is 5.75 Å². The van der Waals surface area contributed by atoms with E-state index in [1.54, 1.807) is 19.1 Å². The van der Waals surface area contributed by atoms with Crippen molar-refractivity contribution in [3.8, 4) is 5.75 Å². The number of amides is 2. The van der Waals surface area contributed by atoms with Crippen LogP contribution in [-0.4, -0.2) is 31.6 Å². The molecule has 5 heteroatoms. The molecule has 2 amide bonds. The van der Waals surface area contributed by atoms with Gasteiger partial charge in [-0.15, -0.1) is 0 Å². The summed E-state index contributed by atoms with van der Waals surface area (Å²) >= 11 is 5.90. The number of urea groups is 1. The van der Waals surface area contributed by atoms with Gasteiger partial charge in [-0.3, -0.25) is 0 Å². The Kier molecular flexibility index (Phi) is 6.50. The molecule has 4 nitrogen and oxygen atoms in total. The van der Waals surface area contributed by atoms with Gasteiger partial charge in [0.15, 0.2) is 0 Å². The second kappa shape index (κ2) is 8.60. The fraction of sp³-hybridized carbons (Fsp3) is 0.316. The van der Waals surface area contributed by atoms with E-state index in [4.69, 9.17) is 16.3 Å². The fourth-order valence-electron chi connectivity index (χ4n) is 2.37. The van der Waals surface area contributed by atoms with E-state index in [9.17, 15) is 4.79 Å². The summed E-state index contributed by atoms with van der Waals surface area (Å²) in [5.41, 5.74) is 2.21. The predicted octanol–water partition coefficient (Wildman–Crippen LogP) is 4.29. The molecule has 0 aliphatic rings. The molecule has 2 rings (SSSR count). The van der Waals surface area contributed by atoms with Crippen LogP contribution in [0, 0.1) is 0 Å². The molecule has 128 valence electrons. The molecular weight excluding hydrogens is 324 g/mol. The zero-order valence-electron chi connectivity index (χ0n) is 14.3. The predicted molar refractivity (Wildman–Crippen MR) is 97.7 cm³/mol. The topological polar surface area (TPSA) is 41.6 Å². The van der Waals surface area contributed by atoms with Crippen molar-refractivity contribution in [1.29, 1.82) is 0 Å². The third kappa shape index (κ3) is 4.90. The Morgan fingerprint density at radius 2 is 1.79 bits per heavy atom. The van der Waals surface area contributed by atoms with E-state index in [-0.39, 0.29) is 12.1 Å². The van der Waals surface area contributed by atoms with Crippen LogP contribution in [-0.2, 0) is 6.42 Å². The maximum Gasteiger partial charge on any atom is 0.317 e. The summed E-state index contributed by atoms with van der Waals surface area (Å²) in [6, 6.07) is 15.3. The molecule has 1 N–H and O–H groups in total. The first-order valence-electron chi connectivity index (χ1n) is 7.90. The Hall–Kier alpha value is -2.20. The van der Waals surface area contributed by atoms with Crippen molar-refractivity contribution in [2.75, 3.05) is 20.7 Å². The van der Waals surface area contributed by atoms with Gasteiger partial charge in [0.25, 0.3) is 0 Å². The highest BCUT2D eigenvalue weighted by Crippen LogP contribution is 2.20. The monoisotopic (exact) mass is 346 g/mol. The van der Waals surface area contributed by atoms with Gasteiger partial charge in [0.05, 0.1) is 13.2 Å². The molecule has 0 aliphatic carbocycles. The van der Waals surface area contributed by atoms with E-state index in [1.807, 2.05) is 55.5 Å². The van der Waals surface area contributed by atoms with Gasteiger partial charge in [0.1, 0.15) is 5.75 Å². The molecule has 1 atom stereocenters. The first-order chi connectivity index (χ1) is 11.5. The molecule has 0 heterocycles. The van der Waals surface area contributed by atoms with Crippen molar-refractivity contribution in [3.05, 3.63) is 64.7 Å². The van der Waals surface area contributed by atoms with Crippen molar-refractivity contribution in [1.82, 2.24) is 10.2 Å². The molecule has 2 aromatic carbocycles. The number of hydrogen-bond acceptors (Lipinski definition) is 2. The highest BCUT2D eigenvalue weighted by Gasteiger charge is 2.16. The molecule has 24 heavy (non-hydrogen) atoms. The Labute approximate surface area is 148 Å². The second-order valence-electron chi connectivity index (χ2n) is 5.67. The lowest BCUT2D eigenvalue weighted by Gasteiger charge is -2.25. The van der Waals surface area contributed by atoms with E-state index in [0.717, 1.165) is 23.3 Å². The van der Waals surface area contributed by atoms with Crippen LogP contribution in [0.3, 0.4) is 0 Å². The minimum atomic E-state index is -0.0917. The van der Waals surface area contributed by atoms with E-state index in [1.165, 1.54) is 0 Å². The van der Waals surface area contributed by atoms with E-state index in [0.29, 0.717) is 11.6 Å². The van der Waals surface area contributed by atoms with Crippen molar-refractivity contribution >= 4 is 17.6 Å². The number of rotatable bonds is 6. The van der Waals surface area contributed by atoms with Gasteiger partial charge in [0.2, 0.25) is 0 Å². The van der Waals surface area contributed by atoms with Crippen LogP contribution < -0.4 is 10.1 Å². The smallest absolute Gasteiger partial charge is 0.317 e. The van der Waals surface area contributed by atoms with E-state index < -0.39 is 0 Å². The highest BCUT2D eigenvalue weighted by molar-refractivity contribution is 6.30.